The predicted octanol–water partition coefficient (Wildman–Crippen LogP) is 7.10. The Bertz CT molecular complexity index is 1610. The molecule has 0 aromatic heterocycles. The van der Waals surface area contributed by atoms with Crippen LogP contribution in [0.3, 0.4) is 0 Å². The summed E-state index contributed by atoms with van der Waals surface area (Å²) in [4.78, 5) is 42.7. The summed E-state index contributed by atoms with van der Waals surface area (Å²) in [6.45, 7) is -0.0511. The first-order chi connectivity index (χ1) is 19.3. The Balaban J connectivity index is 1.35. The Morgan fingerprint density at radius 1 is 0.675 bits per heavy atom. The maximum absolute atomic E-state index is 14.3. The van der Waals surface area contributed by atoms with Crippen LogP contribution in [0.5, 0.6) is 0 Å². The second-order valence-corrected chi connectivity index (χ2v) is 11.6. The Morgan fingerprint density at radius 3 is 1.65 bits per heavy atom. The molecule has 3 amide bonds. The molecular weight excluding hydrogens is 567 g/mol. The van der Waals surface area contributed by atoms with E-state index in [1.807, 2.05) is 48.5 Å². The van der Waals surface area contributed by atoms with Gasteiger partial charge in [0.05, 0.1) is 28.4 Å². The van der Waals surface area contributed by atoms with Crippen molar-refractivity contribution in [3.8, 4) is 0 Å². The van der Waals surface area contributed by atoms with Crippen molar-refractivity contribution in [2.24, 2.45) is 11.8 Å². The smallest absolute Gasteiger partial charge is 0.272 e. The maximum Gasteiger partial charge on any atom is 0.273 e. The van der Waals surface area contributed by atoms with Gasteiger partial charge in [-0.1, -0.05) is 89.4 Å². The molecule has 4 aromatic carbocycles. The molecule has 0 saturated carbocycles. The van der Waals surface area contributed by atoms with Gasteiger partial charge in [-0.25, -0.2) is 5.01 Å². The highest BCUT2D eigenvalue weighted by atomic mass is 35.5. The Kier molecular flexibility index (Phi) is 6.00. The monoisotopic (exact) mass is 586 g/mol. The molecule has 0 radical (unpaired) electrons. The van der Waals surface area contributed by atoms with Crippen LogP contribution in [0, 0.1) is 11.8 Å². The summed E-state index contributed by atoms with van der Waals surface area (Å²) in [6.07, 6.45) is 0. The minimum Gasteiger partial charge on any atom is -0.272 e. The van der Waals surface area contributed by atoms with Crippen LogP contribution >= 0.6 is 34.8 Å². The number of benzene rings is 4. The van der Waals surface area contributed by atoms with Crippen molar-refractivity contribution < 1.29 is 14.4 Å². The first-order valence-electron chi connectivity index (χ1n) is 12.9. The minimum atomic E-state index is -0.614. The molecule has 1 heterocycles. The third-order valence-corrected chi connectivity index (χ3v) is 9.30. The van der Waals surface area contributed by atoms with Crippen LogP contribution < -0.4 is 0 Å². The fourth-order valence-corrected chi connectivity index (χ4v) is 7.13. The molecule has 1 aliphatic heterocycles. The minimum absolute atomic E-state index is 0.0511. The quantitative estimate of drug-likeness (QED) is 0.239. The van der Waals surface area contributed by atoms with Crippen molar-refractivity contribution in [3.63, 3.8) is 0 Å². The van der Waals surface area contributed by atoms with Crippen molar-refractivity contribution >= 4 is 52.5 Å². The lowest BCUT2D eigenvalue weighted by atomic mass is 9.55. The van der Waals surface area contributed by atoms with Gasteiger partial charge in [0, 0.05) is 22.4 Å². The van der Waals surface area contributed by atoms with Gasteiger partial charge in [0.1, 0.15) is 0 Å². The predicted molar refractivity (Wildman–Crippen MR) is 153 cm³/mol. The first-order valence-corrected chi connectivity index (χ1v) is 14.0. The number of amides is 3. The Morgan fingerprint density at radius 2 is 1.18 bits per heavy atom. The zero-order valence-electron chi connectivity index (χ0n) is 20.9. The van der Waals surface area contributed by atoms with Gasteiger partial charge in [-0.3, -0.25) is 14.4 Å². The lowest BCUT2D eigenvalue weighted by molar-refractivity contribution is -0.155. The first kappa shape index (κ1) is 25.3. The molecule has 0 unspecified atom stereocenters. The summed E-state index contributed by atoms with van der Waals surface area (Å²) in [6, 6.07) is 27.4. The zero-order valence-corrected chi connectivity index (χ0v) is 23.2. The third-order valence-electron chi connectivity index (χ3n) is 8.31. The number of hydrogen-bond acceptors (Lipinski definition) is 3. The van der Waals surface area contributed by atoms with Crippen molar-refractivity contribution in [3.05, 3.63) is 139 Å². The average Bonchev–Trinajstić information content (AvgIpc) is 3.23. The van der Waals surface area contributed by atoms with Crippen LogP contribution in [0.2, 0.25) is 15.1 Å². The van der Waals surface area contributed by atoms with Gasteiger partial charge in [-0.15, -0.1) is 0 Å². The van der Waals surface area contributed by atoms with E-state index < -0.39 is 17.7 Å². The van der Waals surface area contributed by atoms with Crippen molar-refractivity contribution in [1.82, 2.24) is 10.0 Å². The summed E-state index contributed by atoms with van der Waals surface area (Å²) in [7, 11) is 0. The summed E-state index contributed by atoms with van der Waals surface area (Å²) < 4.78 is 0. The molecular formula is C32H21Cl3N2O3. The van der Waals surface area contributed by atoms with E-state index in [-0.39, 0.29) is 30.2 Å². The highest BCUT2D eigenvalue weighted by Crippen LogP contribution is 2.61. The van der Waals surface area contributed by atoms with Crippen LogP contribution in [0.15, 0.2) is 91.0 Å². The normalized spacial score (nSPS) is 22.1. The van der Waals surface area contributed by atoms with Crippen LogP contribution in [-0.4, -0.2) is 27.7 Å². The van der Waals surface area contributed by atoms with Gasteiger partial charge in [0.25, 0.3) is 17.7 Å². The molecule has 3 aliphatic carbocycles. The van der Waals surface area contributed by atoms with Crippen molar-refractivity contribution in [2.75, 3.05) is 0 Å². The highest BCUT2D eigenvalue weighted by molar-refractivity contribution is 6.42. The SMILES string of the molecule is O=C(c1ccc(Cl)cc1)N(Cc1ccc(Cl)c(Cl)c1)N1C(=O)[C@@H]2C3c4ccccc4C(c4ccccc43)[C@H]2C1=O. The topological polar surface area (TPSA) is 57.7 Å². The summed E-state index contributed by atoms with van der Waals surface area (Å²) >= 11 is 18.5. The van der Waals surface area contributed by atoms with Crippen LogP contribution in [0.4, 0.5) is 0 Å². The van der Waals surface area contributed by atoms with Gasteiger partial charge >= 0.3 is 0 Å². The second-order valence-electron chi connectivity index (χ2n) is 10.4. The molecule has 8 heteroatoms. The number of rotatable bonds is 4. The van der Waals surface area contributed by atoms with Crippen molar-refractivity contribution in [1.29, 1.82) is 0 Å². The number of hydrogen-bond donors (Lipinski definition) is 0. The van der Waals surface area contributed by atoms with Gasteiger partial charge < -0.3 is 0 Å². The zero-order chi connectivity index (χ0) is 27.7. The number of halogens is 3. The molecule has 4 aliphatic rings. The van der Waals surface area contributed by atoms with E-state index in [0.29, 0.717) is 26.2 Å². The molecule has 0 spiro atoms. The maximum atomic E-state index is 14.3. The summed E-state index contributed by atoms with van der Waals surface area (Å²) in [5.74, 6) is -3.03. The third kappa shape index (κ3) is 3.72. The van der Waals surface area contributed by atoms with E-state index in [4.69, 9.17) is 34.8 Å². The van der Waals surface area contributed by atoms with E-state index >= 15 is 0 Å². The van der Waals surface area contributed by atoms with E-state index in [9.17, 15) is 14.4 Å². The number of carbonyl (C=O) groups excluding carboxylic acids is 3. The fourth-order valence-electron chi connectivity index (χ4n) is 6.69. The largest absolute Gasteiger partial charge is 0.273 e. The van der Waals surface area contributed by atoms with Crippen LogP contribution in [0.1, 0.15) is 50.0 Å². The fraction of sp³-hybridized carbons (Fsp3) is 0.156. The van der Waals surface area contributed by atoms with Gasteiger partial charge in [0.15, 0.2) is 0 Å². The number of carbonyl (C=O) groups is 3. The molecule has 2 atom stereocenters. The molecule has 2 bridgehead atoms. The summed E-state index contributed by atoms with van der Waals surface area (Å²) in [5, 5.41) is 3.47. The standard InChI is InChI=1S/C32H21Cl3N2O3/c33-19-12-10-18(11-13-19)30(38)36(16-17-9-14-24(34)25(35)15-17)37-31(39)28-26-20-5-1-2-6-21(20)27(29(28)32(37)40)23-8-4-3-7-22(23)26/h1-15,26-29H,16H2/t26?,27?,28-,29-/m1/s1. The van der Waals surface area contributed by atoms with Gasteiger partial charge in [0.2, 0.25) is 0 Å². The number of hydrazine groups is 1. The van der Waals surface area contributed by atoms with E-state index in [1.165, 1.54) is 5.01 Å². The van der Waals surface area contributed by atoms with Gasteiger partial charge in [-0.05, 0) is 64.2 Å². The second kappa shape index (κ2) is 9.48. The molecule has 5 nitrogen and oxygen atoms in total. The molecule has 1 saturated heterocycles. The van der Waals surface area contributed by atoms with E-state index in [0.717, 1.165) is 27.3 Å². The molecule has 0 N–H and O–H groups in total. The molecule has 4 aromatic rings. The lowest BCUT2D eigenvalue weighted by Gasteiger charge is -2.45. The Labute approximate surface area is 245 Å². The van der Waals surface area contributed by atoms with Gasteiger partial charge in [-0.2, -0.15) is 5.01 Å². The lowest BCUT2D eigenvalue weighted by Crippen LogP contribution is -2.50. The molecule has 8 rings (SSSR count). The summed E-state index contributed by atoms with van der Waals surface area (Å²) in [5.41, 5.74) is 5.19. The van der Waals surface area contributed by atoms with Crippen molar-refractivity contribution in [2.45, 2.75) is 18.4 Å². The number of imide groups is 1. The average molecular weight is 588 g/mol. The highest BCUT2D eigenvalue weighted by Gasteiger charge is 2.63. The van der Waals surface area contributed by atoms with Crippen LogP contribution in [-0.2, 0) is 16.1 Å². The van der Waals surface area contributed by atoms with E-state index in [2.05, 4.69) is 0 Å². The molecule has 40 heavy (non-hydrogen) atoms. The van der Waals surface area contributed by atoms with Crippen LogP contribution in [0.25, 0.3) is 0 Å². The number of nitrogens with zero attached hydrogens (tertiary/aromatic N) is 2. The Hall–Kier alpha value is -3.64. The molecule has 198 valence electrons. The molecule has 1 fully saturated rings. The van der Waals surface area contributed by atoms with E-state index in [1.54, 1.807) is 42.5 Å².